The van der Waals surface area contributed by atoms with E-state index in [4.69, 9.17) is 9.47 Å². The Morgan fingerprint density at radius 1 is 1.00 bits per heavy atom. The van der Waals surface area contributed by atoms with Gasteiger partial charge in [0.1, 0.15) is 0 Å². The van der Waals surface area contributed by atoms with Crippen LogP contribution < -0.4 is 25.4 Å². The van der Waals surface area contributed by atoms with E-state index in [0.717, 1.165) is 12.8 Å². The molecule has 0 aliphatic carbocycles. The van der Waals surface area contributed by atoms with Crippen LogP contribution in [0.1, 0.15) is 35.7 Å². The van der Waals surface area contributed by atoms with E-state index in [0.29, 0.717) is 18.1 Å². The van der Waals surface area contributed by atoms with Crippen molar-refractivity contribution in [2.24, 2.45) is 0 Å². The van der Waals surface area contributed by atoms with Crippen molar-refractivity contribution in [3.8, 4) is 11.5 Å². The maximum atomic E-state index is 13.1. The van der Waals surface area contributed by atoms with Crippen LogP contribution in [-0.4, -0.2) is 37.5 Å². The third-order valence-electron chi connectivity index (χ3n) is 4.82. The van der Waals surface area contributed by atoms with E-state index in [1.165, 1.54) is 31.4 Å². The van der Waals surface area contributed by atoms with Crippen LogP contribution >= 0.6 is 0 Å². The SMILES string of the molecule is CCCCOc1ccc(C(=O)NC2(c3ccccc3)C(=O)NC(=O)NC2=O)cc1OC. The highest BCUT2D eigenvalue weighted by molar-refractivity contribution is 6.24. The van der Waals surface area contributed by atoms with Crippen molar-refractivity contribution in [3.63, 3.8) is 0 Å². The van der Waals surface area contributed by atoms with Crippen LogP contribution in [0.5, 0.6) is 11.5 Å². The number of ether oxygens (including phenoxy) is 2. The van der Waals surface area contributed by atoms with Crippen molar-refractivity contribution in [1.82, 2.24) is 16.0 Å². The lowest BCUT2D eigenvalue weighted by atomic mass is 9.86. The predicted molar refractivity (Wildman–Crippen MR) is 111 cm³/mol. The zero-order chi connectivity index (χ0) is 22.4. The highest BCUT2D eigenvalue weighted by Crippen LogP contribution is 2.30. The van der Waals surface area contributed by atoms with Gasteiger partial charge in [0, 0.05) is 5.56 Å². The third kappa shape index (κ3) is 4.35. The van der Waals surface area contributed by atoms with Crippen LogP contribution in [0.4, 0.5) is 4.79 Å². The molecule has 1 heterocycles. The maximum absolute atomic E-state index is 13.1. The van der Waals surface area contributed by atoms with Crippen molar-refractivity contribution in [3.05, 3.63) is 59.7 Å². The highest BCUT2D eigenvalue weighted by atomic mass is 16.5. The smallest absolute Gasteiger partial charge is 0.328 e. The molecule has 3 N–H and O–H groups in total. The highest BCUT2D eigenvalue weighted by Gasteiger charge is 2.53. The molecule has 2 aromatic carbocycles. The molecule has 1 saturated heterocycles. The number of hydrogen-bond acceptors (Lipinski definition) is 6. The number of unbranched alkanes of at least 4 members (excludes halogenated alkanes) is 1. The van der Waals surface area contributed by atoms with E-state index in [1.54, 1.807) is 24.3 Å². The Bertz CT molecular complexity index is 986. The molecule has 31 heavy (non-hydrogen) atoms. The van der Waals surface area contributed by atoms with E-state index >= 15 is 0 Å². The second-order valence-corrected chi connectivity index (χ2v) is 6.88. The maximum Gasteiger partial charge on any atom is 0.328 e. The van der Waals surface area contributed by atoms with E-state index in [-0.39, 0.29) is 11.1 Å². The standard InChI is InChI=1S/C22H23N3O6/c1-3-4-12-31-16-11-10-14(13-17(16)30-2)18(26)25-22(15-8-6-5-7-9-15)19(27)23-21(29)24-20(22)28/h5-11,13H,3-4,12H2,1-2H3,(H,25,26)(H2,23,24,27,28,29). The summed E-state index contributed by atoms with van der Waals surface area (Å²) in [5, 5.41) is 6.59. The number of carbonyl (C=O) groups excluding carboxylic acids is 4. The second-order valence-electron chi connectivity index (χ2n) is 6.88. The zero-order valence-corrected chi connectivity index (χ0v) is 17.2. The summed E-state index contributed by atoms with van der Waals surface area (Å²) in [6, 6.07) is 11.6. The summed E-state index contributed by atoms with van der Waals surface area (Å²) < 4.78 is 11.0. The van der Waals surface area contributed by atoms with E-state index in [9.17, 15) is 19.2 Å². The van der Waals surface area contributed by atoms with E-state index in [1.807, 2.05) is 17.6 Å². The monoisotopic (exact) mass is 425 g/mol. The zero-order valence-electron chi connectivity index (χ0n) is 17.2. The minimum absolute atomic E-state index is 0.146. The van der Waals surface area contributed by atoms with Crippen molar-refractivity contribution in [1.29, 1.82) is 0 Å². The first-order valence-electron chi connectivity index (χ1n) is 9.78. The van der Waals surface area contributed by atoms with Crippen molar-refractivity contribution in [2.75, 3.05) is 13.7 Å². The van der Waals surface area contributed by atoms with Crippen LogP contribution in [0, 0.1) is 0 Å². The van der Waals surface area contributed by atoms with Gasteiger partial charge in [0.2, 0.25) is 5.54 Å². The van der Waals surface area contributed by atoms with Gasteiger partial charge in [-0.2, -0.15) is 0 Å². The van der Waals surface area contributed by atoms with Gasteiger partial charge in [-0.3, -0.25) is 25.0 Å². The summed E-state index contributed by atoms with van der Waals surface area (Å²) in [4.78, 5) is 50.2. The molecule has 0 atom stereocenters. The second kappa shape index (κ2) is 9.29. The van der Waals surface area contributed by atoms with Gasteiger partial charge < -0.3 is 14.8 Å². The summed E-state index contributed by atoms with van der Waals surface area (Å²) in [6.45, 7) is 2.55. The number of amides is 5. The number of rotatable bonds is 8. The van der Waals surface area contributed by atoms with Crippen LogP contribution in [-0.2, 0) is 15.1 Å². The molecule has 0 spiro atoms. The van der Waals surface area contributed by atoms with Gasteiger partial charge in [-0.15, -0.1) is 0 Å². The molecule has 162 valence electrons. The minimum atomic E-state index is -2.12. The van der Waals surface area contributed by atoms with E-state index in [2.05, 4.69) is 5.32 Å². The number of nitrogens with one attached hydrogen (secondary N) is 3. The molecule has 1 aliphatic rings. The van der Waals surface area contributed by atoms with E-state index < -0.39 is 29.3 Å². The molecule has 3 rings (SSSR count). The first-order valence-corrected chi connectivity index (χ1v) is 9.78. The summed E-state index contributed by atoms with van der Waals surface area (Å²) >= 11 is 0. The van der Waals surface area contributed by atoms with Crippen LogP contribution in [0.2, 0.25) is 0 Å². The molecule has 2 aromatic rings. The Labute approximate surface area is 179 Å². The number of carbonyl (C=O) groups is 4. The first-order chi connectivity index (χ1) is 14.9. The van der Waals surface area contributed by atoms with Crippen LogP contribution in [0.15, 0.2) is 48.5 Å². The quantitative estimate of drug-likeness (QED) is 0.438. The Hall–Kier alpha value is -3.88. The summed E-state index contributed by atoms with van der Waals surface area (Å²) in [7, 11) is 1.45. The van der Waals surface area contributed by atoms with Gasteiger partial charge in [0.25, 0.3) is 17.7 Å². The normalized spacial score (nSPS) is 15.0. The number of barbiturate groups is 1. The topological polar surface area (TPSA) is 123 Å². The number of benzene rings is 2. The van der Waals surface area contributed by atoms with Crippen molar-refractivity contribution < 1.29 is 28.7 Å². The Kier molecular flexibility index (Phi) is 6.54. The lowest BCUT2D eigenvalue weighted by molar-refractivity contribution is -0.139. The fourth-order valence-electron chi connectivity index (χ4n) is 3.16. The molecule has 1 aliphatic heterocycles. The molecule has 1 fully saturated rings. The molecular weight excluding hydrogens is 402 g/mol. The Morgan fingerprint density at radius 3 is 2.29 bits per heavy atom. The van der Waals surface area contributed by atoms with Crippen molar-refractivity contribution in [2.45, 2.75) is 25.3 Å². The molecule has 9 nitrogen and oxygen atoms in total. The molecule has 0 aromatic heterocycles. The number of urea groups is 1. The van der Waals surface area contributed by atoms with Crippen LogP contribution in [0.25, 0.3) is 0 Å². The van der Waals surface area contributed by atoms with Gasteiger partial charge >= 0.3 is 6.03 Å². The minimum Gasteiger partial charge on any atom is -0.493 e. The first kappa shape index (κ1) is 21.8. The molecule has 0 saturated carbocycles. The number of hydrogen-bond donors (Lipinski definition) is 3. The molecular formula is C22H23N3O6. The Balaban J connectivity index is 1.94. The van der Waals surface area contributed by atoms with Gasteiger partial charge in [0.05, 0.1) is 13.7 Å². The Morgan fingerprint density at radius 2 is 1.68 bits per heavy atom. The summed E-state index contributed by atoms with van der Waals surface area (Å²) in [5.74, 6) is -1.80. The van der Waals surface area contributed by atoms with Gasteiger partial charge in [0.15, 0.2) is 11.5 Å². The average molecular weight is 425 g/mol. The summed E-state index contributed by atoms with van der Waals surface area (Å²) in [5.41, 5.74) is -1.76. The molecule has 5 amide bonds. The summed E-state index contributed by atoms with van der Waals surface area (Å²) in [6.07, 6.45) is 1.84. The fourth-order valence-corrected chi connectivity index (χ4v) is 3.16. The van der Waals surface area contributed by atoms with Gasteiger partial charge in [-0.05, 0) is 30.2 Å². The van der Waals surface area contributed by atoms with Gasteiger partial charge in [-0.1, -0.05) is 43.7 Å². The lowest BCUT2D eigenvalue weighted by Gasteiger charge is -2.34. The molecule has 0 radical (unpaired) electrons. The largest absolute Gasteiger partial charge is 0.493 e. The van der Waals surface area contributed by atoms with Crippen LogP contribution in [0.3, 0.4) is 0 Å². The average Bonchev–Trinajstić information content (AvgIpc) is 2.77. The third-order valence-corrected chi connectivity index (χ3v) is 4.82. The molecule has 0 bridgehead atoms. The lowest BCUT2D eigenvalue weighted by Crippen LogP contribution is -2.71. The predicted octanol–water partition coefficient (Wildman–Crippen LogP) is 1.87. The van der Waals surface area contributed by atoms with Crippen molar-refractivity contribution >= 4 is 23.8 Å². The molecule has 9 heteroatoms. The van der Waals surface area contributed by atoms with Gasteiger partial charge in [-0.25, -0.2) is 4.79 Å². The number of imide groups is 2. The molecule has 0 unspecified atom stereocenters. The fraction of sp³-hybridized carbons (Fsp3) is 0.273. The number of methoxy groups -OCH3 is 1.